The maximum absolute atomic E-state index is 11.4. The third-order valence-electron chi connectivity index (χ3n) is 4.28. The van der Waals surface area contributed by atoms with Gasteiger partial charge in [-0.05, 0) is 24.8 Å². The van der Waals surface area contributed by atoms with E-state index in [-0.39, 0.29) is 11.9 Å². The van der Waals surface area contributed by atoms with Crippen molar-refractivity contribution in [1.29, 1.82) is 0 Å². The Morgan fingerprint density at radius 2 is 2.12 bits per heavy atom. The number of rotatable bonds is 7. The molecule has 5 heteroatoms. The molecule has 0 unspecified atom stereocenters. The standard InChI is InChI=1S/C19H23NO4/c21-18-11-17(24-14-19(18)22)13-20-9-8-16(12-20)23-10-4-7-15-5-2-1-3-6-15/h1-3,5-6,11,14,16,22H,4,7-10,12-13H2/t16-/m0/s1. The molecule has 0 radical (unpaired) electrons. The highest BCUT2D eigenvalue weighted by Crippen LogP contribution is 2.16. The summed E-state index contributed by atoms with van der Waals surface area (Å²) >= 11 is 0. The summed E-state index contributed by atoms with van der Waals surface area (Å²) in [6.07, 6.45) is 4.40. The molecule has 1 aliphatic rings. The molecule has 1 N–H and O–H groups in total. The number of ether oxygens (including phenoxy) is 1. The van der Waals surface area contributed by atoms with E-state index in [1.807, 2.05) is 6.07 Å². The van der Waals surface area contributed by atoms with Crippen LogP contribution in [0.25, 0.3) is 0 Å². The molecule has 0 spiro atoms. The van der Waals surface area contributed by atoms with Gasteiger partial charge in [-0.25, -0.2) is 0 Å². The van der Waals surface area contributed by atoms with Gasteiger partial charge in [0.2, 0.25) is 5.43 Å². The molecule has 3 rings (SSSR count). The van der Waals surface area contributed by atoms with Crippen molar-refractivity contribution < 1.29 is 14.3 Å². The normalized spacial score (nSPS) is 18.1. The molecule has 2 aromatic rings. The van der Waals surface area contributed by atoms with Gasteiger partial charge >= 0.3 is 0 Å². The van der Waals surface area contributed by atoms with Crippen LogP contribution in [0, 0.1) is 0 Å². The largest absolute Gasteiger partial charge is 0.502 e. The molecule has 128 valence electrons. The van der Waals surface area contributed by atoms with Crippen molar-refractivity contribution >= 4 is 0 Å². The number of nitrogens with zero attached hydrogens (tertiary/aromatic N) is 1. The summed E-state index contributed by atoms with van der Waals surface area (Å²) in [5, 5.41) is 9.21. The lowest BCUT2D eigenvalue weighted by atomic mass is 10.1. The predicted molar refractivity (Wildman–Crippen MR) is 91.0 cm³/mol. The Balaban J connectivity index is 1.37. The van der Waals surface area contributed by atoms with Crippen LogP contribution in [0.4, 0.5) is 0 Å². The van der Waals surface area contributed by atoms with Gasteiger partial charge in [0.05, 0.1) is 12.6 Å². The Labute approximate surface area is 141 Å². The van der Waals surface area contributed by atoms with Gasteiger partial charge in [0.25, 0.3) is 0 Å². The van der Waals surface area contributed by atoms with Crippen LogP contribution in [-0.4, -0.2) is 35.8 Å². The molecule has 2 heterocycles. The lowest BCUT2D eigenvalue weighted by Gasteiger charge is -2.15. The number of hydrogen-bond acceptors (Lipinski definition) is 5. The van der Waals surface area contributed by atoms with Gasteiger partial charge < -0.3 is 14.3 Å². The quantitative estimate of drug-likeness (QED) is 0.791. The molecule has 0 saturated carbocycles. The van der Waals surface area contributed by atoms with Crippen LogP contribution < -0.4 is 5.43 Å². The van der Waals surface area contributed by atoms with Crippen molar-refractivity contribution in [2.75, 3.05) is 19.7 Å². The summed E-state index contributed by atoms with van der Waals surface area (Å²) < 4.78 is 11.2. The van der Waals surface area contributed by atoms with Crippen LogP contribution in [0.1, 0.15) is 24.2 Å². The van der Waals surface area contributed by atoms with Gasteiger partial charge in [0.1, 0.15) is 12.0 Å². The van der Waals surface area contributed by atoms with Crippen LogP contribution in [0.3, 0.4) is 0 Å². The zero-order valence-corrected chi connectivity index (χ0v) is 13.7. The highest BCUT2D eigenvalue weighted by atomic mass is 16.5. The predicted octanol–water partition coefficient (Wildman–Crippen LogP) is 2.57. The van der Waals surface area contributed by atoms with Gasteiger partial charge in [0, 0.05) is 25.8 Å². The van der Waals surface area contributed by atoms with Crippen molar-refractivity contribution in [2.45, 2.75) is 31.9 Å². The minimum Gasteiger partial charge on any atom is -0.502 e. The molecule has 1 aliphatic heterocycles. The molecule has 0 aliphatic carbocycles. The van der Waals surface area contributed by atoms with E-state index in [4.69, 9.17) is 9.15 Å². The second kappa shape index (κ2) is 8.13. The lowest BCUT2D eigenvalue weighted by molar-refractivity contribution is 0.0565. The van der Waals surface area contributed by atoms with Crippen LogP contribution in [0.15, 0.2) is 51.9 Å². The van der Waals surface area contributed by atoms with Crippen LogP contribution in [0.2, 0.25) is 0 Å². The molecule has 1 saturated heterocycles. The molecule has 0 amide bonds. The summed E-state index contributed by atoms with van der Waals surface area (Å²) in [4.78, 5) is 13.6. The van der Waals surface area contributed by atoms with E-state index in [2.05, 4.69) is 29.2 Å². The van der Waals surface area contributed by atoms with E-state index in [0.29, 0.717) is 12.3 Å². The zero-order valence-electron chi connectivity index (χ0n) is 13.7. The number of benzene rings is 1. The smallest absolute Gasteiger partial charge is 0.226 e. The van der Waals surface area contributed by atoms with Crippen LogP contribution >= 0.6 is 0 Å². The Bertz CT molecular complexity index is 698. The molecule has 24 heavy (non-hydrogen) atoms. The molecule has 0 bridgehead atoms. The van der Waals surface area contributed by atoms with Crippen molar-refractivity contribution in [3.63, 3.8) is 0 Å². The van der Waals surface area contributed by atoms with E-state index in [1.54, 1.807) is 0 Å². The zero-order chi connectivity index (χ0) is 16.8. The molecule has 1 aromatic heterocycles. The minimum atomic E-state index is -0.399. The Morgan fingerprint density at radius 1 is 1.29 bits per heavy atom. The van der Waals surface area contributed by atoms with Crippen molar-refractivity contribution in [1.82, 2.24) is 4.90 Å². The van der Waals surface area contributed by atoms with Crippen molar-refractivity contribution in [3.05, 3.63) is 64.2 Å². The van der Waals surface area contributed by atoms with Gasteiger partial charge in [-0.1, -0.05) is 30.3 Å². The summed E-state index contributed by atoms with van der Waals surface area (Å²) in [5.41, 5.74) is 0.945. The average molecular weight is 329 g/mol. The van der Waals surface area contributed by atoms with Gasteiger partial charge in [-0.15, -0.1) is 0 Å². The second-order valence-corrected chi connectivity index (χ2v) is 6.20. The fraction of sp³-hybridized carbons (Fsp3) is 0.421. The molecule has 1 aromatic carbocycles. The maximum Gasteiger partial charge on any atom is 0.226 e. The number of hydrogen-bond donors (Lipinski definition) is 1. The van der Waals surface area contributed by atoms with Crippen molar-refractivity contribution in [3.8, 4) is 5.75 Å². The van der Waals surface area contributed by atoms with E-state index in [9.17, 15) is 9.90 Å². The summed E-state index contributed by atoms with van der Waals surface area (Å²) in [6.45, 7) is 3.10. The second-order valence-electron chi connectivity index (χ2n) is 6.20. The average Bonchev–Trinajstić information content (AvgIpc) is 3.03. The summed E-state index contributed by atoms with van der Waals surface area (Å²) in [7, 11) is 0. The lowest BCUT2D eigenvalue weighted by Crippen LogP contribution is -2.23. The minimum absolute atomic E-state index is 0.240. The fourth-order valence-corrected chi connectivity index (χ4v) is 2.99. The van der Waals surface area contributed by atoms with Gasteiger partial charge in [-0.3, -0.25) is 9.69 Å². The monoisotopic (exact) mass is 329 g/mol. The summed E-state index contributed by atoms with van der Waals surface area (Å²) in [6, 6.07) is 11.8. The van der Waals surface area contributed by atoms with Crippen molar-refractivity contribution in [2.24, 2.45) is 0 Å². The Morgan fingerprint density at radius 3 is 2.92 bits per heavy atom. The number of likely N-dealkylation sites (tertiary alicyclic amines) is 1. The molecule has 1 fully saturated rings. The first-order valence-electron chi connectivity index (χ1n) is 8.39. The van der Waals surface area contributed by atoms with Crippen LogP contribution in [0.5, 0.6) is 5.75 Å². The van der Waals surface area contributed by atoms with Gasteiger partial charge in [0.15, 0.2) is 5.75 Å². The first-order valence-corrected chi connectivity index (χ1v) is 8.39. The van der Waals surface area contributed by atoms with Gasteiger partial charge in [-0.2, -0.15) is 0 Å². The topological polar surface area (TPSA) is 62.9 Å². The Kier molecular flexibility index (Phi) is 5.67. The summed E-state index contributed by atoms with van der Waals surface area (Å²) in [5.74, 6) is 0.224. The molecular weight excluding hydrogens is 306 g/mol. The Hall–Kier alpha value is -2.11. The van der Waals surface area contributed by atoms with Crippen LogP contribution in [-0.2, 0) is 17.7 Å². The molecule has 5 nitrogen and oxygen atoms in total. The third kappa shape index (κ3) is 4.69. The van der Waals surface area contributed by atoms with E-state index in [0.717, 1.165) is 45.2 Å². The highest BCUT2D eigenvalue weighted by molar-refractivity contribution is 5.15. The first-order chi connectivity index (χ1) is 11.7. The van der Waals surface area contributed by atoms with E-state index in [1.165, 1.54) is 11.6 Å². The fourth-order valence-electron chi connectivity index (χ4n) is 2.99. The molecule has 1 atom stereocenters. The van der Waals surface area contributed by atoms with E-state index < -0.39 is 5.43 Å². The first kappa shape index (κ1) is 16.7. The highest BCUT2D eigenvalue weighted by Gasteiger charge is 2.23. The van der Waals surface area contributed by atoms with E-state index >= 15 is 0 Å². The SMILES string of the molecule is O=c1cc(CN2CC[C@H](OCCCc3ccccc3)C2)occ1O. The maximum atomic E-state index is 11.4. The number of aromatic hydroxyl groups is 1. The number of aryl methyl sites for hydroxylation is 1. The molecular formula is C19H23NO4. The third-order valence-corrected chi connectivity index (χ3v) is 4.28.